The summed E-state index contributed by atoms with van der Waals surface area (Å²) in [5.74, 6) is 5.58. The van der Waals surface area contributed by atoms with E-state index in [1.807, 2.05) is 13.1 Å². The van der Waals surface area contributed by atoms with Gasteiger partial charge in [-0.05, 0) is 19.8 Å². The van der Waals surface area contributed by atoms with E-state index in [-0.39, 0.29) is 0 Å². The van der Waals surface area contributed by atoms with Gasteiger partial charge in [0.05, 0.1) is 0 Å². The first-order chi connectivity index (χ1) is 6.20. The number of hydrazine groups is 1. The zero-order chi connectivity index (χ0) is 10.1. The zero-order valence-electron chi connectivity index (χ0n) is 8.92. The van der Waals surface area contributed by atoms with Crippen molar-refractivity contribution in [3.63, 3.8) is 0 Å². The number of hydrogen-bond donors (Lipinski definition) is 2. The van der Waals surface area contributed by atoms with Crippen LogP contribution < -0.4 is 11.6 Å². The third-order valence-corrected chi connectivity index (χ3v) is 2.02. The van der Waals surface area contributed by atoms with Gasteiger partial charge in [-0.2, -0.15) is 0 Å². The van der Waals surface area contributed by atoms with Gasteiger partial charge >= 0.3 is 0 Å². The van der Waals surface area contributed by atoms with Gasteiger partial charge in [0.2, 0.25) is 0 Å². The molecule has 0 saturated carbocycles. The summed E-state index contributed by atoms with van der Waals surface area (Å²) in [7, 11) is 0. The van der Waals surface area contributed by atoms with Gasteiger partial charge in [0.25, 0.3) is 0 Å². The number of allylic oxidation sites excluding steroid dienone is 1. The van der Waals surface area contributed by atoms with Gasteiger partial charge in [-0.15, -0.1) is 0 Å². The van der Waals surface area contributed by atoms with Gasteiger partial charge in [0.1, 0.15) is 0 Å². The molecule has 0 aliphatic heterocycles. The molecule has 0 fully saturated rings. The Balaban J connectivity index is 3.49. The predicted octanol–water partition coefficient (Wildman–Crippen LogP) is 1.95. The van der Waals surface area contributed by atoms with Crippen molar-refractivity contribution < 1.29 is 0 Å². The van der Waals surface area contributed by atoms with Gasteiger partial charge in [-0.1, -0.05) is 26.2 Å². The molecule has 0 unspecified atom stereocenters. The minimum absolute atomic E-state index is 0.801. The molecule has 0 radical (unpaired) electrons. The van der Waals surface area contributed by atoms with Crippen molar-refractivity contribution in [3.05, 3.63) is 11.9 Å². The maximum absolute atomic E-state index is 5.77. The van der Waals surface area contributed by atoms with Crippen LogP contribution in [0.2, 0.25) is 0 Å². The van der Waals surface area contributed by atoms with Crippen molar-refractivity contribution in [1.82, 2.24) is 5.01 Å². The van der Waals surface area contributed by atoms with E-state index in [9.17, 15) is 0 Å². The molecule has 0 rings (SSSR count). The molecule has 0 aromatic carbocycles. The normalized spacial score (nSPS) is 11.8. The fourth-order valence-corrected chi connectivity index (χ4v) is 1.12. The molecule has 0 aliphatic rings. The maximum atomic E-state index is 5.77. The van der Waals surface area contributed by atoms with Gasteiger partial charge in [-0.25, -0.2) is 5.84 Å². The molecule has 0 aromatic rings. The monoisotopic (exact) mass is 185 g/mol. The van der Waals surface area contributed by atoms with Crippen molar-refractivity contribution in [2.24, 2.45) is 11.6 Å². The van der Waals surface area contributed by atoms with Gasteiger partial charge in [0.15, 0.2) is 0 Å². The van der Waals surface area contributed by atoms with Gasteiger partial charge in [0, 0.05) is 18.4 Å². The van der Waals surface area contributed by atoms with E-state index in [0.29, 0.717) is 0 Å². The van der Waals surface area contributed by atoms with Gasteiger partial charge in [-0.3, -0.25) is 0 Å². The first kappa shape index (κ1) is 12.3. The molecule has 0 aromatic heterocycles. The summed E-state index contributed by atoms with van der Waals surface area (Å²) >= 11 is 0. The lowest BCUT2D eigenvalue weighted by Gasteiger charge is -2.11. The standard InChI is InChI=1S/C10H23N3/c1-3-5-6-7-8-10(11)9-13(12)4-2/h9H,3-8,11-12H2,1-2H3/b10-9-. The number of rotatable bonds is 7. The Hall–Kier alpha value is -0.700. The Morgan fingerprint density at radius 3 is 2.46 bits per heavy atom. The molecule has 3 heteroatoms. The quantitative estimate of drug-likeness (QED) is 0.362. The van der Waals surface area contributed by atoms with E-state index in [0.717, 1.165) is 18.7 Å². The van der Waals surface area contributed by atoms with Crippen LogP contribution in [0.25, 0.3) is 0 Å². The second-order valence-corrected chi connectivity index (χ2v) is 3.35. The molecule has 0 saturated heterocycles. The van der Waals surface area contributed by atoms with Crippen LogP contribution in [0.3, 0.4) is 0 Å². The lowest BCUT2D eigenvalue weighted by atomic mass is 10.1. The van der Waals surface area contributed by atoms with E-state index in [2.05, 4.69) is 6.92 Å². The lowest BCUT2D eigenvalue weighted by molar-refractivity contribution is 0.411. The molecule has 0 heterocycles. The van der Waals surface area contributed by atoms with Crippen LogP contribution in [0.15, 0.2) is 11.9 Å². The number of nitrogens with two attached hydrogens (primary N) is 2. The molecule has 0 atom stereocenters. The topological polar surface area (TPSA) is 55.3 Å². The molecule has 0 amide bonds. The molecule has 13 heavy (non-hydrogen) atoms. The van der Waals surface area contributed by atoms with Crippen LogP contribution in [-0.2, 0) is 0 Å². The molecular weight excluding hydrogens is 162 g/mol. The van der Waals surface area contributed by atoms with E-state index >= 15 is 0 Å². The summed E-state index contributed by atoms with van der Waals surface area (Å²) in [6, 6.07) is 0. The van der Waals surface area contributed by atoms with E-state index in [1.165, 1.54) is 25.7 Å². The van der Waals surface area contributed by atoms with Crippen LogP contribution in [0, 0.1) is 0 Å². The Morgan fingerprint density at radius 2 is 1.92 bits per heavy atom. The van der Waals surface area contributed by atoms with Crippen LogP contribution in [0.1, 0.15) is 46.0 Å². The summed E-state index contributed by atoms with van der Waals surface area (Å²) in [5, 5.41) is 1.62. The van der Waals surface area contributed by atoms with Crippen LogP contribution >= 0.6 is 0 Å². The highest BCUT2D eigenvalue weighted by Gasteiger charge is 1.93. The SMILES string of the molecule is CCCCCC/C(N)=C/N(N)CC. The second kappa shape index (κ2) is 7.92. The molecular formula is C10H23N3. The molecule has 0 bridgehead atoms. The summed E-state index contributed by atoms with van der Waals surface area (Å²) in [6.45, 7) is 5.01. The Bertz CT molecular complexity index is 143. The lowest BCUT2D eigenvalue weighted by Crippen LogP contribution is -2.25. The second-order valence-electron chi connectivity index (χ2n) is 3.35. The minimum atomic E-state index is 0.801. The molecule has 4 N–H and O–H groups in total. The average molecular weight is 185 g/mol. The average Bonchev–Trinajstić information content (AvgIpc) is 2.12. The van der Waals surface area contributed by atoms with Crippen molar-refractivity contribution in [1.29, 1.82) is 0 Å². The summed E-state index contributed by atoms with van der Waals surface area (Å²) in [6.07, 6.45) is 7.80. The number of unbranched alkanes of at least 4 members (excludes halogenated alkanes) is 3. The zero-order valence-corrected chi connectivity index (χ0v) is 8.92. The number of nitrogens with zero attached hydrogens (tertiary/aromatic N) is 1. The van der Waals surface area contributed by atoms with Crippen LogP contribution in [-0.4, -0.2) is 11.6 Å². The minimum Gasteiger partial charge on any atom is -0.401 e. The third kappa shape index (κ3) is 7.65. The van der Waals surface area contributed by atoms with Crippen LogP contribution in [0.4, 0.5) is 0 Å². The van der Waals surface area contributed by atoms with Gasteiger partial charge < -0.3 is 10.7 Å². The summed E-state index contributed by atoms with van der Waals surface area (Å²) in [4.78, 5) is 0. The first-order valence-electron chi connectivity index (χ1n) is 5.18. The fourth-order valence-electron chi connectivity index (χ4n) is 1.12. The largest absolute Gasteiger partial charge is 0.401 e. The maximum Gasteiger partial charge on any atom is 0.0342 e. The Morgan fingerprint density at radius 1 is 1.23 bits per heavy atom. The van der Waals surface area contributed by atoms with E-state index in [1.54, 1.807) is 5.01 Å². The Kier molecular flexibility index (Phi) is 7.50. The highest BCUT2D eigenvalue weighted by atomic mass is 15.4. The highest BCUT2D eigenvalue weighted by molar-refractivity contribution is 4.94. The first-order valence-corrected chi connectivity index (χ1v) is 5.18. The molecule has 3 nitrogen and oxygen atoms in total. The fraction of sp³-hybridized carbons (Fsp3) is 0.800. The van der Waals surface area contributed by atoms with E-state index < -0.39 is 0 Å². The predicted molar refractivity (Wildman–Crippen MR) is 57.6 cm³/mol. The highest BCUT2D eigenvalue weighted by Crippen LogP contribution is 2.06. The third-order valence-electron chi connectivity index (χ3n) is 2.02. The van der Waals surface area contributed by atoms with Crippen LogP contribution in [0.5, 0.6) is 0 Å². The van der Waals surface area contributed by atoms with Crippen molar-refractivity contribution in [3.8, 4) is 0 Å². The summed E-state index contributed by atoms with van der Waals surface area (Å²) < 4.78 is 0. The smallest absolute Gasteiger partial charge is 0.0342 e. The molecule has 0 aliphatic carbocycles. The van der Waals surface area contributed by atoms with Crippen molar-refractivity contribution in [2.75, 3.05) is 6.54 Å². The van der Waals surface area contributed by atoms with Crippen molar-refractivity contribution in [2.45, 2.75) is 46.0 Å². The number of hydrogen-bond acceptors (Lipinski definition) is 3. The Labute approximate surface area is 81.7 Å². The summed E-state index contributed by atoms with van der Waals surface area (Å²) in [5.41, 5.74) is 6.66. The van der Waals surface area contributed by atoms with Crippen molar-refractivity contribution >= 4 is 0 Å². The molecule has 0 spiro atoms. The molecule has 78 valence electrons. The van der Waals surface area contributed by atoms with E-state index in [4.69, 9.17) is 11.6 Å².